The van der Waals surface area contributed by atoms with E-state index in [0.717, 1.165) is 27.9 Å². The summed E-state index contributed by atoms with van der Waals surface area (Å²) in [5, 5.41) is 0. The first-order valence-electron chi connectivity index (χ1n) is 12.1. The first-order chi connectivity index (χ1) is 17.8. The minimum Gasteiger partial charge on any atom is -0.372 e. The number of carbonyl (C=O) groups is 1. The number of pyridine rings is 1. The number of rotatable bonds is 10. The zero-order valence-electron chi connectivity index (χ0n) is 20.5. The fraction of sp³-hybridized carbons (Fsp3) is 0.241. The van der Waals surface area contributed by atoms with Crippen LogP contribution in [0.25, 0.3) is 11.3 Å². The highest BCUT2D eigenvalue weighted by molar-refractivity contribution is 7.90. The second-order valence-electron chi connectivity index (χ2n) is 9.34. The Kier molecular flexibility index (Phi) is 7.21. The van der Waals surface area contributed by atoms with Crippen molar-refractivity contribution in [2.75, 3.05) is 12.4 Å². The first-order valence-corrected chi connectivity index (χ1v) is 13.9. The SMILES string of the molecule is Cc1ccc(CC(=O)c2ccc(CS(=O)(=O)CC3CO3)cc2)cc1Cc1nccc(-c2cccnc2)n1. The van der Waals surface area contributed by atoms with Gasteiger partial charge in [0.2, 0.25) is 0 Å². The molecule has 1 atom stereocenters. The van der Waals surface area contributed by atoms with E-state index >= 15 is 0 Å². The molecule has 2 aromatic carbocycles. The van der Waals surface area contributed by atoms with E-state index < -0.39 is 9.84 Å². The number of aromatic nitrogens is 3. The van der Waals surface area contributed by atoms with Crippen molar-refractivity contribution >= 4 is 15.6 Å². The van der Waals surface area contributed by atoms with E-state index in [0.29, 0.717) is 30.0 Å². The minimum absolute atomic E-state index is 0.0228. The Morgan fingerprint density at radius 3 is 2.54 bits per heavy atom. The monoisotopic (exact) mass is 513 g/mol. The summed E-state index contributed by atoms with van der Waals surface area (Å²) in [5.74, 6) is 0.673. The number of carbonyl (C=O) groups excluding carboxylic acids is 1. The van der Waals surface area contributed by atoms with Gasteiger partial charge in [-0.1, -0.05) is 42.5 Å². The molecule has 1 fully saturated rings. The molecule has 0 saturated carbocycles. The van der Waals surface area contributed by atoms with Crippen molar-refractivity contribution in [3.05, 3.63) is 113 Å². The maximum atomic E-state index is 13.0. The van der Waals surface area contributed by atoms with Crippen LogP contribution in [0.4, 0.5) is 0 Å². The highest BCUT2D eigenvalue weighted by Gasteiger charge is 2.29. The standard InChI is InChI=1S/C29H27N3O4S/c1-20-4-5-22(13-25(20)15-29-31-12-10-27(32-29)24-3-2-11-30-16-24)14-28(33)23-8-6-21(7-9-23)18-37(34,35)19-26-17-36-26/h2-13,16,26H,14-15,17-19H2,1H3. The van der Waals surface area contributed by atoms with Crippen molar-refractivity contribution in [3.63, 3.8) is 0 Å². The van der Waals surface area contributed by atoms with Crippen LogP contribution >= 0.6 is 0 Å². The average molecular weight is 514 g/mol. The largest absolute Gasteiger partial charge is 0.372 e. The molecule has 0 amide bonds. The van der Waals surface area contributed by atoms with Crippen LogP contribution in [0, 0.1) is 6.92 Å². The molecule has 5 rings (SSSR count). The predicted octanol–water partition coefficient (Wildman–Crippen LogP) is 4.18. The highest BCUT2D eigenvalue weighted by Crippen LogP contribution is 2.20. The van der Waals surface area contributed by atoms with Crippen molar-refractivity contribution in [3.8, 4) is 11.3 Å². The normalized spacial score (nSPS) is 14.9. The second-order valence-corrected chi connectivity index (χ2v) is 11.5. The van der Waals surface area contributed by atoms with Crippen LogP contribution in [0.2, 0.25) is 0 Å². The van der Waals surface area contributed by atoms with E-state index in [1.54, 1.807) is 42.9 Å². The van der Waals surface area contributed by atoms with Gasteiger partial charge in [-0.05, 0) is 47.4 Å². The maximum absolute atomic E-state index is 13.0. The summed E-state index contributed by atoms with van der Waals surface area (Å²) in [6.07, 6.45) is 5.89. The zero-order chi connectivity index (χ0) is 25.8. The van der Waals surface area contributed by atoms with Crippen molar-refractivity contribution in [1.29, 1.82) is 0 Å². The topological polar surface area (TPSA) is 102 Å². The van der Waals surface area contributed by atoms with Crippen molar-refractivity contribution in [1.82, 2.24) is 15.0 Å². The molecular formula is C29H27N3O4S. The molecule has 1 aliphatic rings. The van der Waals surface area contributed by atoms with Crippen LogP contribution in [-0.4, -0.2) is 47.6 Å². The van der Waals surface area contributed by atoms with Crippen molar-refractivity contribution < 1.29 is 17.9 Å². The molecule has 0 aliphatic carbocycles. The molecule has 0 spiro atoms. The Balaban J connectivity index is 1.26. The van der Waals surface area contributed by atoms with E-state index in [1.807, 2.05) is 43.3 Å². The lowest BCUT2D eigenvalue weighted by molar-refractivity contribution is 0.0993. The van der Waals surface area contributed by atoms with Gasteiger partial charge in [0.1, 0.15) is 5.82 Å². The van der Waals surface area contributed by atoms with Gasteiger partial charge in [0.25, 0.3) is 0 Å². The van der Waals surface area contributed by atoms with E-state index in [-0.39, 0.29) is 29.8 Å². The maximum Gasteiger partial charge on any atom is 0.167 e. The Morgan fingerprint density at radius 1 is 1.03 bits per heavy atom. The van der Waals surface area contributed by atoms with Crippen LogP contribution < -0.4 is 0 Å². The molecule has 37 heavy (non-hydrogen) atoms. The molecule has 1 unspecified atom stereocenters. The number of ether oxygens (including phenoxy) is 1. The van der Waals surface area contributed by atoms with Crippen LogP contribution in [0.3, 0.4) is 0 Å². The number of Topliss-reactive ketones (excluding diaryl/α,β-unsaturated/α-hetero) is 1. The molecular weight excluding hydrogens is 486 g/mol. The predicted molar refractivity (Wildman–Crippen MR) is 141 cm³/mol. The Labute approximate surface area is 216 Å². The van der Waals surface area contributed by atoms with E-state index in [2.05, 4.69) is 9.97 Å². The van der Waals surface area contributed by atoms with Gasteiger partial charge in [0, 0.05) is 42.6 Å². The van der Waals surface area contributed by atoms with Gasteiger partial charge in [0.15, 0.2) is 15.6 Å². The molecule has 4 aromatic rings. The third-order valence-electron chi connectivity index (χ3n) is 6.29. The Bertz CT molecular complexity index is 1520. The van der Waals surface area contributed by atoms with E-state index in [9.17, 15) is 13.2 Å². The smallest absolute Gasteiger partial charge is 0.167 e. The Hall–Kier alpha value is -3.75. The summed E-state index contributed by atoms with van der Waals surface area (Å²) in [5.41, 5.74) is 6.05. The number of epoxide rings is 1. The van der Waals surface area contributed by atoms with Crippen LogP contribution in [0.15, 0.2) is 79.3 Å². The summed E-state index contributed by atoms with van der Waals surface area (Å²) < 4.78 is 29.5. The summed E-state index contributed by atoms with van der Waals surface area (Å²) in [4.78, 5) is 26.3. The van der Waals surface area contributed by atoms with Crippen molar-refractivity contribution in [2.45, 2.75) is 31.6 Å². The molecule has 7 nitrogen and oxygen atoms in total. The van der Waals surface area contributed by atoms with Crippen LogP contribution in [0.5, 0.6) is 0 Å². The molecule has 1 aliphatic heterocycles. The van der Waals surface area contributed by atoms with Gasteiger partial charge < -0.3 is 4.74 Å². The van der Waals surface area contributed by atoms with Gasteiger partial charge in [-0.15, -0.1) is 0 Å². The summed E-state index contributed by atoms with van der Waals surface area (Å²) in [7, 11) is -3.23. The van der Waals surface area contributed by atoms with Gasteiger partial charge >= 0.3 is 0 Å². The number of sulfone groups is 1. The van der Waals surface area contributed by atoms with Crippen LogP contribution in [-0.2, 0) is 33.2 Å². The number of nitrogens with zero attached hydrogens (tertiary/aromatic N) is 3. The second kappa shape index (κ2) is 10.7. The number of hydrogen-bond donors (Lipinski definition) is 0. The lowest BCUT2D eigenvalue weighted by Gasteiger charge is -2.10. The lowest BCUT2D eigenvalue weighted by Crippen LogP contribution is -2.14. The van der Waals surface area contributed by atoms with E-state index in [1.165, 1.54) is 0 Å². The van der Waals surface area contributed by atoms with Gasteiger partial charge in [0.05, 0.1) is 29.9 Å². The third-order valence-corrected chi connectivity index (χ3v) is 7.95. The first kappa shape index (κ1) is 24.9. The average Bonchev–Trinajstić information content (AvgIpc) is 3.70. The molecule has 0 radical (unpaired) electrons. The summed E-state index contributed by atoms with van der Waals surface area (Å²) >= 11 is 0. The molecule has 1 saturated heterocycles. The quantitative estimate of drug-likeness (QED) is 0.232. The Morgan fingerprint density at radius 2 is 1.81 bits per heavy atom. The van der Waals surface area contributed by atoms with Crippen molar-refractivity contribution in [2.24, 2.45) is 0 Å². The third kappa shape index (κ3) is 6.72. The zero-order valence-corrected chi connectivity index (χ0v) is 21.3. The molecule has 2 aromatic heterocycles. The lowest BCUT2D eigenvalue weighted by atomic mass is 9.97. The molecule has 0 N–H and O–H groups in total. The molecule has 8 heteroatoms. The number of ketones is 1. The summed E-state index contributed by atoms with van der Waals surface area (Å²) in [6.45, 7) is 2.55. The molecule has 0 bridgehead atoms. The number of aryl methyl sites for hydroxylation is 1. The number of hydrogen-bond acceptors (Lipinski definition) is 7. The molecule has 188 valence electrons. The summed E-state index contributed by atoms with van der Waals surface area (Å²) in [6, 6.07) is 18.6. The highest BCUT2D eigenvalue weighted by atomic mass is 32.2. The van der Waals surface area contributed by atoms with Gasteiger partial charge in [-0.3, -0.25) is 9.78 Å². The van der Waals surface area contributed by atoms with E-state index in [4.69, 9.17) is 9.72 Å². The number of benzene rings is 2. The van der Waals surface area contributed by atoms with Crippen LogP contribution in [0.1, 0.15) is 38.4 Å². The van der Waals surface area contributed by atoms with Gasteiger partial charge in [-0.25, -0.2) is 18.4 Å². The fourth-order valence-corrected chi connectivity index (χ4v) is 5.77. The minimum atomic E-state index is -3.23. The fourth-order valence-electron chi connectivity index (χ4n) is 4.19. The van der Waals surface area contributed by atoms with Gasteiger partial charge in [-0.2, -0.15) is 0 Å². The molecule has 3 heterocycles.